The number of nitro groups is 1. The van der Waals surface area contributed by atoms with Gasteiger partial charge in [0.2, 0.25) is 0 Å². The van der Waals surface area contributed by atoms with E-state index in [2.05, 4.69) is 15.8 Å². The predicted molar refractivity (Wildman–Crippen MR) is 119 cm³/mol. The molecule has 2 N–H and O–H groups in total. The van der Waals surface area contributed by atoms with E-state index >= 15 is 0 Å². The predicted octanol–water partition coefficient (Wildman–Crippen LogP) is 4.65. The summed E-state index contributed by atoms with van der Waals surface area (Å²) in [5.41, 5.74) is 4.13. The van der Waals surface area contributed by atoms with E-state index in [9.17, 15) is 19.7 Å². The maximum Gasteiger partial charge on any atom is 0.273 e. The molecule has 0 spiro atoms. The first kappa shape index (κ1) is 21.7. The third-order valence-electron chi connectivity index (χ3n) is 4.33. The van der Waals surface area contributed by atoms with Gasteiger partial charge in [0.05, 0.1) is 21.9 Å². The van der Waals surface area contributed by atoms with Crippen molar-refractivity contribution in [3.8, 4) is 0 Å². The number of anilines is 1. The van der Waals surface area contributed by atoms with Gasteiger partial charge in [-0.1, -0.05) is 35.9 Å². The summed E-state index contributed by atoms with van der Waals surface area (Å²) in [5.74, 6) is -0.940. The Balaban J connectivity index is 1.76. The number of nitrogens with zero attached hydrogens (tertiary/aromatic N) is 2. The van der Waals surface area contributed by atoms with Gasteiger partial charge in [-0.05, 0) is 43.3 Å². The number of carbonyl (C=O) groups excluding carboxylic acids is 2. The molecule has 0 radical (unpaired) electrons. The van der Waals surface area contributed by atoms with Gasteiger partial charge in [0.25, 0.3) is 17.5 Å². The second-order valence-corrected chi connectivity index (χ2v) is 6.89. The third-order valence-corrected chi connectivity index (χ3v) is 4.58. The summed E-state index contributed by atoms with van der Waals surface area (Å²) in [6.45, 7) is 1.62. The smallest absolute Gasteiger partial charge is 0.273 e. The Labute approximate surface area is 182 Å². The van der Waals surface area contributed by atoms with Crippen LogP contribution in [0.2, 0.25) is 5.02 Å². The van der Waals surface area contributed by atoms with Crippen LogP contribution in [0.3, 0.4) is 0 Å². The van der Waals surface area contributed by atoms with Crippen LogP contribution in [0.1, 0.15) is 33.2 Å². The summed E-state index contributed by atoms with van der Waals surface area (Å²) in [6, 6.07) is 18.8. The lowest BCUT2D eigenvalue weighted by Crippen LogP contribution is -2.22. The number of non-ortho nitro benzene ring substituents is 1. The number of hydrazone groups is 1. The van der Waals surface area contributed by atoms with E-state index in [1.165, 1.54) is 18.2 Å². The second kappa shape index (κ2) is 9.64. The van der Waals surface area contributed by atoms with Gasteiger partial charge in [-0.2, -0.15) is 5.10 Å². The number of rotatable bonds is 6. The van der Waals surface area contributed by atoms with Gasteiger partial charge in [0, 0.05) is 28.3 Å². The zero-order valence-corrected chi connectivity index (χ0v) is 17.1. The summed E-state index contributed by atoms with van der Waals surface area (Å²) in [4.78, 5) is 35.5. The molecule has 8 nitrogen and oxygen atoms in total. The number of nitrogens with one attached hydrogen (secondary N) is 2. The molecule has 0 aliphatic heterocycles. The largest absolute Gasteiger partial charge is 0.321 e. The zero-order chi connectivity index (χ0) is 22.4. The Morgan fingerprint density at radius 1 is 0.935 bits per heavy atom. The Bertz CT molecular complexity index is 1180. The summed E-state index contributed by atoms with van der Waals surface area (Å²) in [6.07, 6.45) is 0. The molecule has 0 aliphatic carbocycles. The molecule has 3 rings (SSSR count). The first-order valence-corrected chi connectivity index (χ1v) is 9.48. The molecule has 156 valence electrons. The van der Waals surface area contributed by atoms with Crippen LogP contribution in [-0.2, 0) is 0 Å². The topological polar surface area (TPSA) is 114 Å². The number of benzene rings is 3. The summed E-state index contributed by atoms with van der Waals surface area (Å²) >= 11 is 5.84. The molecule has 31 heavy (non-hydrogen) atoms. The Hall–Kier alpha value is -4.04. The number of amides is 2. The fourth-order valence-corrected chi connectivity index (χ4v) is 2.82. The summed E-state index contributed by atoms with van der Waals surface area (Å²) in [7, 11) is 0. The maximum absolute atomic E-state index is 12.6. The van der Waals surface area contributed by atoms with Gasteiger partial charge in [-0.25, -0.2) is 5.43 Å². The zero-order valence-electron chi connectivity index (χ0n) is 16.3. The van der Waals surface area contributed by atoms with Crippen molar-refractivity contribution >= 4 is 40.5 Å². The molecule has 9 heteroatoms. The lowest BCUT2D eigenvalue weighted by Gasteiger charge is -2.10. The quantitative estimate of drug-likeness (QED) is 0.332. The van der Waals surface area contributed by atoms with Gasteiger partial charge in [0.15, 0.2) is 0 Å². The number of halogens is 1. The highest BCUT2D eigenvalue weighted by atomic mass is 35.5. The van der Waals surface area contributed by atoms with Crippen LogP contribution in [0, 0.1) is 10.1 Å². The molecular weight excluding hydrogens is 420 g/mol. The monoisotopic (exact) mass is 436 g/mol. The van der Waals surface area contributed by atoms with Crippen LogP contribution in [0.4, 0.5) is 11.4 Å². The molecule has 0 saturated carbocycles. The van der Waals surface area contributed by atoms with Crippen LogP contribution in [-0.4, -0.2) is 22.4 Å². The van der Waals surface area contributed by atoms with Crippen molar-refractivity contribution in [2.45, 2.75) is 6.92 Å². The van der Waals surface area contributed by atoms with Crippen LogP contribution in [0.5, 0.6) is 0 Å². The molecule has 0 unspecified atom stereocenters. The molecule has 3 aromatic rings. The first-order chi connectivity index (χ1) is 14.8. The standard InChI is InChI=1S/C22H17ClN4O4/c1-14(16-5-4-6-18(13-16)27(30)31)25-26-22(29)19-7-2-3-8-20(19)24-21(28)15-9-11-17(23)12-10-15/h2-13H,1H3,(H,24,28)(H,26,29). The van der Waals surface area contributed by atoms with E-state index in [4.69, 9.17) is 11.6 Å². The number of hydrogen-bond acceptors (Lipinski definition) is 5. The van der Waals surface area contributed by atoms with Crippen LogP contribution in [0.15, 0.2) is 77.9 Å². The fourth-order valence-electron chi connectivity index (χ4n) is 2.69. The van der Waals surface area contributed by atoms with Crippen molar-refractivity contribution in [1.29, 1.82) is 0 Å². The molecule has 2 amide bonds. The number of nitro benzene ring substituents is 1. The van der Waals surface area contributed by atoms with Crippen LogP contribution in [0.25, 0.3) is 0 Å². The van der Waals surface area contributed by atoms with Crippen LogP contribution < -0.4 is 10.7 Å². The lowest BCUT2D eigenvalue weighted by atomic mass is 10.1. The minimum Gasteiger partial charge on any atom is -0.321 e. The highest BCUT2D eigenvalue weighted by Crippen LogP contribution is 2.18. The van der Waals surface area contributed by atoms with E-state index < -0.39 is 16.7 Å². The summed E-state index contributed by atoms with van der Waals surface area (Å²) in [5, 5.41) is 18.2. The average molecular weight is 437 g/mol. The lowest BCUT2D eigenvalue weighted by molar-refractivity contribution is -0.384. The van der Waals surface area contributed by atoms with Crippen molar-refractivity contribution in [1.82, 2.24) is 5.43 Å². The normalized spacial score (nSPS) is 11.0. The van der Waals surface area contributed by atoms with Gasteiger partial charge < -0.3 is 5.32 Å². The van der Waals surface area contributed by atoms with Crippen molar-refractivity contribution in [3.05, 3.63) is 105 Å². The Kier molecular flexibility index (Phi) is 6.74. The summed E-state index contributed by atoms with van der Waals surface area (Å²) < 4.78 is 0. The van der Waals surface area contributed by atoms with E-state index in [1.807, 2.05) is 0 Å². The molecular formula is C22H17ClN4O4. The van der Waals surface area contributed by atoms with Crippen molar-refractivity contribution in [3.63, 3.8) is 0 Å². The Morgan fingerprint density at radius 3 is 2.35 bits per heavy atom. The molecule has 0 saturated heterocycles. The van der Waals surface area contributed by atoms with E-state index in [0.29, 0.717) is 27.5 Å². The van der Waals surface area contributed by atoms with Crippen molar-refractivity contribution in [2.75, 3.05) is 5.32 Å². The van der Waals surface area contributed by atoms with Gasteiger partial charge in [0.1, 0.15) is 0 Å². The molecule has 0 aromatic heterocycles. The molecule has 0 aliphatic rings. The SMILES string of the molecule is CC(=NNC(=O)c1ccccc1NC(=O)c1ccc(Cl)cc1)c1cccc([N+](=O)[O-])c1. The molecule has 3 aromatic carbocycles. The van der Waals surface area contributed by atoms with Gasteiger partial charge in [-0.15, -0.1) is 0 Å². The third kappa shape index (κ3) is 5.52. The molecule has 0 heterocycles. The highest BCUT2D eigenvalue weighted by molar-refractivity contribution is 6.30. The number of hydrogen-bond donors (Lipinski definition) is 2. The molecule has 0 fully saturated rings. The minimum atomic E-state index is -0.545. The average Bonchev–Trinajstić information content (AvgIpc) is 2.78. The van der Waals surface area contributed by atoms with E-state index in [1.54, 1.807) is 61.5 Å². The molecule has 0 bridgehead atoms. The Morgan fingerprint density at radius 2 is 1.65 bits per heavy atom. The number of para-hydroxylation sites is 1. The van der Waals surface area contributed by atoms with Gasteiger partial charge >= 0.3 is 0 Å². The molecule has 0 atom stereocenters. The highest BCUT2D eigenvalue weighted by Gasteiger charge is 2.14. The number of carbonyl (C=O) groups is 2. The second-order valence-electron chi connectivity index (χ2n) is 6.45. The minimum absolute atomic E-state index is 0.0753. The van der Waals surface area contributed by atoms with Crippen molar-refractivity contribution < 1.29 is 14.5 Å². The van der Waals surface area contributed by atoms with E-state index in [0.717, 1.165) is 0 Å². The maximum atomic E-state index is 12.6. The van der Waals surface area contributed by atoms with E-state index in [-0.39, 0.29) is 11.3 Å². The van der Waals surface area contributed by atoms with Crippen LogP contribution >= 0.6 is 11.6 Å². The first-order valence-electron chi connectivity index (χ1n) is 9.10. The van der Waals surface area contributed by atoms with Crippen molar-refractivity contribution in [2.24, 2.45) is 5.10 Å². The fraction of sp³-hybridized carbons (Fsp3) is 0.0455. The van der Waals surface area contributed by atoms with Gasteiger partial charge in [-0.3, -0.25) is 19.7 Å².